The zero-order chi connectivity index (χ0) is 27.9. The van der Waals surface area contributed by atoms with Gasteiger partial charge in [0.25, 0.3) is 10.0 Å². The monoisotopic (exact) mass is 568 g/mol. The Bertz CT molecular complexity index is 1330. The van der Waals surface area contributed by atoms with Crippen LogP contribution in [0.15, 0.2) is 77.7 Å². The molecule has 0 unspecified atom stereocenters. The maximum absolute atomic E-state index is 13.4. The maximum atomic E-state index is 13.4. The molecule has 0 saturated heterocycles. The van der Waals surface area contributed by atoms with Crippen molar-refractivity contribution >= 4 is 33.2 Å². The Kier molecular flexibility index (Phi) is 9.67. The van der Waals surface area contributed by atoms with E-state index in [2.05, 4.69) is 5.32 Å². The molecule has 3 rings (SSSR count). The van der Waals surface area contributed by atoms with Crippen LogP contribution in [0.2, 0.25) is 5.02 Å². The van der Waals surface area contributed by atoms with Crippen molar-refractivity contribution in [3.63, 3.8) is 0 Å². The summed E-state index contributed by atoms with van der Waals surface area (Å²) in [4.78, 5) is 12.6. The molecule has 1 N–H and O–H groups in total. The Hall–Kier alpha value is -3.24. The lowest BCUT2D eigenvalue weighted by atomic mass is 10.1. The van der Waals surface area contributed by atoms with Crippen molar-refractivity contribution in [3.8, 4) is 5.75 Å². The van der Waals surface area contributed by atoms with Gasteiger partial charge in [0.15, 0.2) is 0 Å². The third-order valence-electron chi connectivity index (χ3n) is 5.42. The third-order valence-corrected chi connectivity index (χ3v) is 7.51. The predicted molar refractivity (Wildman–Crippen MR) is 141 cm³/mol. The van der Waals surface area contributed by atoms with Gasteiger partial charge >= 0.3 is 6.18 Å². The van der Waals surface area contributed by atoms with Crippen molar-refractivity contribution in [2.75, 3.05) is 17.4 Å². The van der Waals surface area contributed by atoms with Crippen molar-refractivity contribution < 1.29 is 31.1 Å². The smallest absolute Gasteiger partial charge is 0.416 e. The van der Waals surface area contributed by atoms with Gasteiger partial charge in [-0.05, 0) is 74.7 Å². The number of nitrogens with one attached hydrogen (secondary N) is 1. The minimum absolute atomic E-state index is 0.0622. The van der Waals surface area contributed by atoms with Gasteiger partial charge in [0.05, 0.1) is 27.3 Å². The van der Waals surface area contributed by atoms with Crippen LogP contribution in [0, 0.1) is 0 Å². The second-order valence-corrected chi connectivity index (χ2v) is 11.0. The molecule has 0 radical (unpaired) electrons. The first-order valence-electron chi connectivity index (χ1n) is 11.8. The minimum atomic E-state index is -4.73. The second kappa shape index (κ2) is 12.5. The van der Waals surface area contributed by atoms with E-state index in [0.29, 0.717) is 23.2 Å². The van der Waals surface area contributed by atoms with Gasteiger partial charge in [-0.1, -0.05) is 41.9 Å². The highest BCUT2D eigenvalue weighted by molar-refractivity contribution is 7.92. The lowest BCUT2D eigenvalue weighted by molar-refractivity contribution is -0.137. The number of alkyl halides is 3. The molecule has 0 aliphatic rings. The lowest BCUT2D eigenvalue weighted by Gasteiger charge is -2.26. The van der Waals surface area contributed by atoms with E-state index in [1.807, 2.05) is 38.1 Å². The first-order valence-corrected chi connectivity index (χ1v) is 13.7. The Morgan fingerprint density at radius 3 is 2.29 bits per heavy atom. The molecular formula is C27H28ClF3N2O4S. The number of carbonyl (C=O) groups excluding carboxylic acids is 1. The summed E-state index contributed by atoms with van der Waals surface area (Å²) in [6.07, 6.45) is -3.46. The van der Waals surface area contributed by atoms with Crippen LogP contribution in [0.25, 0.3) is 0 Å². The number of amides is 1. The van der Waals surface area contributed by atoms with Crippen LogP contribution in [-0.4, -0.2) is 33.5 Å². The Morgan fingerprint density at radius 2 is 1.68 bits per heavy atom. The highest BCUT2D eigenvalue weighted by Crippen LogP contribution is 2.37. The molecule has 0 heterocycles. The number of hydrogen-bond acceptors (Lipinski definition) is 4. The van der Waals surface area contributed by atoms with Gasteiger partial charge in [-0.3, -0.25) is 9.10 Å². The zero-order valence-electron chi connectivity index (χ0n) is 20.8. The van der Waals surface area contributed by atoms with E-state index in [9.17, 15) is 26.4 Å². The van der Waals surface area contributed by atoms with Gasteiger partial charge in [-0.25, -0.2) is 8.42 Å². The third kappa shape index (κ3) is 7.88. The van der Waals surface area contributed by atoms with E-state index in [0.717, 1.165) is 23.4 Å². The van der Waals surface area contributed by atoms with Crippen LogP contribution in [0.4, 0.5) is 18.9 Å². The summed E-state index contributed by atoms with van der Waals surface area (Å²) in [6.45, 7) is 3.35. The van der Waals surface area contributed by atoms with Gasteiger partial charge in [-0.2, -0.15) is 13.2 Å². The number of nitrogens with zero attached hydrogens (tertiary/aromatic N) is 1. The Morgan fingerprint density at radius 1 is 1.03 bits per heavy atom. The van der Waals surface area contributed by atoms with Crippen LogP contribution in [0.3, 0.4) is 0 Å². The summed E-state index contributed by atoms with van der Waals surface area (Å²) in [6, 6.07) is 17.0. The van der Waals surface area contributed by atoms with Gasteiger partial charge in [-0.15, -0.1) is 0 Å². The number of aryl methyl sites for hydroxylation is 1. The van der Waals surface area contributed by atoms with Crippen LogP contribution < -0.4 is 14.4 Å². The number of hydrogen-bond donors (Lipinski definition) is 1. The predicted octanol–water partition coefficient (Wildman–Crippen LogP) is 6.09. The number of carbonyl (C=O) groups is 1. The van der Waals surface area contributed by atoms with Crippen LogP contribution in [0.5, 0.6) is 5.75 Å². The molecule has 11 heteroatoms. The summed E-state index contributed by atoms with van der Waals surface area (Å²) in [7, 11) is -4.41. The first kappa shape index (κ1) is 29.3. The van der Waals surface area contributed by atoms with Crippen molar-refractivity contribution in [1.29, 1.82) is 0 Å². The standard InChI is InChI=1S/C27H28ClF3N2O4S/c1-19(2)37-22-13-10-20(11-14-22)7-6-16-32-26(34)18-33(38(35,36)23-8-4-3-5-9-23)25-17-21(27(29,30)31)12-15-24(25)28/h3-5,8-15,17,19H,6-7,16,18H2,1-2H3,(H,32,34). The topological polar surface area (TPSA) is 75.7 Å². The van der Waals surface area contributed by atoms with E-state index in [1.54, 1.807) is 6.07 Å². The average molecular weight is 569 g/mol. The quantitative estimate of drug-likeness (QED) is 0.284. The molecule has 0 aliphatic heterocycles. The fourth-order valence-corrected chi connectivity index (χ4v) is 5.34. The largest absolute Gasteiger partial charge is 0.491 e. The second-order valence-electron chi connectivity index (χ2n) is 8.75. The average Bonchev–Trinajstić information content (AvgIpc) is 2.86. The van der Waals surface area contributed by atoms with Gasteiger partial charge in [0.2, 0.25) is 5.91 Å². The highest BCUT2D eigenvalue weighted by Gasteiger charge is 2.34. The van der Waals surface area contributed by atoms with E-state index < -0.39 is 39.9 Å². The van der Waals surface area contributed by atoms with Gasteiger partial charge in [0.1, 0.15) is 12.3 Å². The molecular weight excluding hydrogens is 541 g/mol. The molecule has 38 heavy (non-hydrogen) atoms. The zero-order valence-corrected chi connectivity index (χ0v) is 22.4. The fourth-order valence-electron chi connectivity index (χ4n) is 3.61. The minimum Gasteiger partial charge on any atom is -0.491 e. The molecule has 0 fully saturated rings. The molecule has 0 aliphatic carbocycles. The van der Waals surface area contributed by atoms with Crippen LogP contribution >= 0.6 is 11.6 Å². The van der Waals surface area contributed by atoms with E-state index in [4.69, 9.17) is 16.3 Å². The maximum Gasteiger partial charge on any atom is 0.416 e. The summed E-state index contributed by atoms with van der Waals surface area (Å²) < 4.78 is 73.1. The molecule has 3 aromatic rings. The summed E-state index contributed by atoms with van der Waals surface area (Å²) >= 11 is 6.14. The molecule has 1 amide bonds. The summed E-state index contributed by atoms with van der Waals surface area (Å²) in [5, 5.41) is 2.40. The van der Waals surface area contributed by atoms with Gasteiger partial charge < -0.3 is 10.1 Å². The van der Waals surface area contributed by atoms with E-state index in [1.165, 1.54) is 24.3 Å². The molecule has 6 nitrogen and oxygen atoms in total. The lowest BCUT2D eigenvalue weighted by Crippen LogP contribution is -2.41. The van der Waals surface area contributed by atoms with Crippen molar-refractivity contribution in [1.82, 2.24) is 5.32 Å². The van der Waals surface area contributed by atoms with Crippen LogP contribution in [0.1, 0.15) is 31.4 Å². The van der Waals surface area contributed by atoms with Crippen molar-refractivity contribution in [2.45, 2.75) is 43.9 Å². The summed E-state index contributed by atoms with van der Waals surface area (Å²) in [5.74, 6) is 0.0729. The number of halogens is 4. The molecule has 0 bridgehead atoms. The molecule has 3 aromatic carbocycles. The van der Waals surface area contributed by atoms with E-state index in [-0.39, 0.29) is 22.6 Å². The Balaban J connectivity index is 1.73. The SMILES string of the molecule is CC(C)Oc1ccc(CCCNC(=O)CN(c2cc(C(F)(F)F)ccc2Cl)S(=O)(=O)c2ccccc2)cc1. The van der Waals surface area contributed by atoms with Crippen molar-refractivity contribution in [2.24, 2.45) is 0 Å². The molecule has 0 aromatic heterocycles. The van der Waals surface area contributed by atoms with Crippen molar-refractivity contribution in [3.05, 3.63) is 88.9 Å². The number of anilines is 1. The number of benzene rings is 3. The highest BCUT2D eigenvalue weighted by atomic mass is 35.5. The van der Waals surface area contributed by atoms with Gasteiger partial charge in [0, 0.05) is 6.54 Å². The first-order chi connectivity index (χ1) is 17.9. The molecule has 0 saturated carbocycles. The normalized spacial score (nSPS) is 11.9. The molecule has 0 atom stereocenters. The number of rotatable bonds is 11. The van der Waals surface area contributed by atoms with E-state index >= 15 is 0 Å². The fraction of sp³-hybridized carbons (Fsp3) is 0.296. The number of sulfonamides is 1. The summed E-state index contributed by atoms with van der Waals surface area (Å²) in [5.41, 5.74) is -0.501. The Labute approximate surface area is 225 Å². The molecule has 0 spiro atoms. The van der Waals surface area contributed by atoms with Crippen LogP contribution in [-0.2, 0) is 27.4 Å². The number of ether oxygens (including phenoxy) is 1. The molecule has 204 valence electrons.